The second-order valence-electron chi connectivity index (χ2n) is 2.96. The van der Waals surface area contributed by atoms with E-state index >= 15 is 0 Å². The third kappa shape index (κ3) is 1.09. The quantitative estimate of drug-likeness (QED) is 0.680. The Labute approximate surface area is 72.3 Å². The highest BCUT2D eigenvalue weighted by molar-refractivity contribution is 5.61. The minimum atomic E-state index is 1.03. The average Bonchev–Trinajstić information content (AvgIpc) is 2.17. The molecule has 1 N–H and O–H groups in total. The van der Waals surface area contributed by atoms with Crippen molar-refractivity contribution in [1.82, 2.24) is 4.98 Å². The summed E-state index contributed by atoms with van der Waals surface area (Å²) < 4.78 is 0. The fourth-order valence-electron chi connectivity index (χ4n) is 1.60. The molecule has 12 heavy (non-hydrogen) atoms. The summed E-state index contributed by atoms with van der Waals surface area (Å²) in [5.74, 6) is 0. The van der Waals surface area contributed by atoms with Crippen LogP contribution in [-0.4, -0.2) is 11.5 Å². The largest absolute Gasteiger partial charge is 0.385 e. The number of nitrogens with zero attached hydrogens (tertiary/aromatic N) is 1. The maximum absolute atomic E-state index is 4.25. The number of anilines is 1. The standard InChI is InChI=1S/C10H12N2/c1-2-9-8-4-3-6-11-10(8)5-7-12-9/h2,5,7,11H,1,3-4,6H2. The van der Waals surface area contributed by atoms with Gasteiger partial charge in [-0.3, -0.25) is 4.98 Å². The minimum Gasteiger partial charge on any atom is -0.385 e. The lowest BCUT2D eigenvalue weighted by atomic mass is 10.0. The molecule has 0 bridgehead atoms. The molecule has 2 rings (SSSR count). The number of hydrogen-bond donors (Lipinski definition) is 1. The molecule has 0 radical (unpaired) electrons. The molecule has 1 aliphatic rings. The van der Waals surface area contributed by atoms with Crippen molar-refractivity contribution in [2.24, 2.45) is 0 Å². The van der Waals surface area contributed by atoms with Crippen molar-refractivity contribution in [1.29, 1.82) is 0 Å². The molecule has 2 nitrogen and oxygen atoms in total. The molecular formula is C10H12N2. The fraction of sp³-hybridized carbons (Fsp3) is 0.300. The molecule has 0 spiro atoms. The van der Waals surface area contributed by atoms with Crippen LogP contribution in [0.4, 0.5) is 5.69 Å². The molecule has 62 valence electrons. The van der Waals surface area contributed by atoms with Gasteiger partial charge in [-0.25, -0.2) is 0 Å². The fourth-order valence-corrected chi connectivity index (χ4v) is 1.60. The van der Waals surface area contributed by atoms with Crippen molar-refractivity contribution in [3.8, 4) is 0 Å². The lowest BCUT2D eigenvalue weighted by Crippen LogP contribution is -2.13. The Morgan fingerprint density at radius 2 is 2.50 bits per heavy atom. The van der Waals surface area contributed by atoms with Gasteiger partial charge in [0.05, 0.1) is 5.69 Å². The smallest absolute Gasteiger partial charge is 0.0676 e. The van der Waals surface area contributed by atoms with Crippen LogP contribution in [0.5, 0.6) is 0 Å². The molecule has 1 aliphatic heterocycles. The van der Waals surface area contributed by atoms with E-state index in [1.165, 1.54) is 17.7 Å². The Kier molecular flexibility index (Phi) is 1.82. The summed E-state index contributed by atoms with van der Waals surface area (Å²) in [6, 6.07) is 2.03. The molecule has 0 aromatic carbocycles. The minimum absolute atomic E-state index is 1.03. The second kappa shape index (κ2) is 2.97. The average molecular weight is 160 g/mol. The molecule has 0 atom stereocenters. The van der Waals surface area contributed by atoms with Gasteiger partial charge >= 0.3 is 0 Å². The first kappa shape index (κ1) is 7.35. The van der Waals surface area contributed by atoms with Crippen molar-refractivity contribution in [3.05, 3.63) is 30.1 Å². The Morgan fingerprint density at radius 1 is 1.58 bits per heavy atom. The first-order chi connectivity index (χ1) is 5.92. The van der Waals surface area contributed by atoms with Gasteiger partial charge in [-0.05, 0) is 25.0 Å². The first-order valence-electron chi connectivity index (χ1n) is 4.26. The lowest BCUT2D eigenvalue weighted by Gasteiger charge is -2.18. The van der Waals surface area contributed by atoms with Crippen molar-refractivity contribution in [2.45, 2.75) is 12.8 Å². The van der Waals surface area contributed by atoms with Gasteiger partial charge in [0.15, 0.2) is 0 Å². The zero-order chi connectivity index (χ0) is 8.39. The predicted octanol–water partition coefficient (Wildman–Crippen LogP) is 2.08. The highest BCUT2D eigenvalue weighted by Gasteiger charge is 2.10. The molecule has 0 unspecified atom stereocenters. The topological polar surface area (TPSA) is 24.9 Å². The maximum Gasteiger partial charge on any atom is 0.0676 e. The zero-order valence-electron chi connectivity index (χ0n) is 7.01. The molecule has 0 saturated carbocycles. The molecule has 0 saturated heterocycles. The summed E-state index contributed by atoms with van der Waals surface area (Å²) in [5, 5.41) is 3.35. The molecule has 1 aromatic heterocycles. The molecule has 2 heteroatoms. The predicted molar refractivity (Wildman–Crippen MR) is 51.1 cm³/mol. The van der Waals surface area contributed by atoms with Gasteiger partial charge in [-0.2, -0.15) is 0 Å². The highest BCUT2D eigenvalue weighted by Crippen LogP contribution is 2.23. The molecular weight excluding hydrogens is 148 g/mol. The van der Waals surface area contributed by atoms with E-state index < -0.39 is 0 Å². The van der Waals surface area contributed by atoms with Crippen molar-refractivity contribution in [3.63, 3.8) is 0 Å². The van der Waals surface area contributed by atoms with Crippen LogP contribution in [0.2, 0.25) is 0 Å². The van der Waals surface area contributed by atoms with Gasteiger partial charge in [0.2, 0.25) is 0 Å². The van der Waals surface area contributed by atoms with E-state index in [0.29, 0.717) is 0 Å². The van der Waals surface area contributed by atoms with Gasteiger partial charge in [0.25, 0.3) is 0 Å². The van der Waals surface area contributed by atoms with Crippen LogP contribution < -0.4 is 5.32 Å². The molecule has 0 amide bonds. The molecule has 1 aromatic rings. The monoisotopic (exact) mass is 160 g/mol. The van der Waals surface area contributed by atoms with E-state index in [2.05, 4.69) is 16.9 Å². The Bertz CT molecular complexity index is 305. The number of pyridine rings is 1. The second-order valence-corrected chi connectivity index (χ2v) is 2.96. The van der Waals surface area contributed by atoms with Crippen LogP contribution in [-0.2, 0) is 6.42 Å². The Hall–Kier alpha value is -1.31. The zero-order valence-corrected chi connectivity index (χ0v) is 7.01. The summed E-state index contributed by atoms with van der Waals surface area (Å²) in [6.45, 7) is 4.83. The van der Waals surface area contributed by atoms with E-state index in [4.69, 9.17) is 0 Å². The number of rotatable bonds is 1. The van der Waals surface area contributed by atoms with E-state index in [9.17, 15) is 0 Å². The summed E-state index contributed by atoms with van der Waals surface area (Å²) in [4.78, 5) is 4.25. The normalized spacial score (nSPS) is 14.7. The van der Waals surface area contributed by atoms with Crippen LogP contribution in [0.3, 0.4) is 0 Å². The van der Waals surface area contributed by atoms with Crippen LogP contribution in [0, 0.1) is 0 Å². The van der Waals surface area contributed by atoms with Crippen molar-refractivity contribution in [2.75, 3.05) is 11.9 Å². The third-order valence-corrected chi connectivity index (χ3v) is 2.20. The summed E-state index contributed by atoms with van der Waals surface area (Å²) in [7, 11) is 0. The highest BCUT2D eigenvalue weighted by atomic mass is 14.9. The lowest BCUT2D eigenvalue weighted by molar-refractivity contribution is 0.822. The van der Waals surface area contributed by atoms with Crippen LogP contribution >= 0.6 is 0 Å². The van der Waals surface area contributed by atoms with Gasteiger partial charge in [0, 0.05) is 24.0 Å². The number of hydrogen-bond acceptors (Lipinski definition) is 2. The van der Waals surface area contributed by atoms with Gasteiger partial charge in [-0.15, -0.1) is 0 Å². The SMILES string of the molecule is C=Cc1nccc2c1CCCN2. The third-order valence-electron chi connectivity index (χ3n) is 2.20. The van der Waals surface area contributed by atoms with Crippen molar-refractivity contribution < 1.29 is 0 Å². The molecule has 2 heterocycles. The number of nitrogens with one attached hydrogen (secondary N) is 1. The summed E-state index contributed by atoms with van der Waals surface area (Å²) in [6.07, 6.45) is 5.97. The van der Waals surface area contributed by atoms with E-state index in [-0.39, 0.29) is 0 Å². The van der Waals surface area contributed by atoms with E-state index in [1.807, 2.05) is 18.3 Å². The molecule has 0 fully saturated rings. The van der Waals surface area contributed by atoms with E-state index in [1.54, 1.807) is 0 Å². The van der Waals surface area contributed by atoms with Gasteiger partial charge in [-0.1, -0.05) is 6.58 Å². The van der Waals surface area contributed by atoms with Crippen LogP contribution in [0.1, 0.15) is 17.7 Å². The van der Waals surface area contributed by atoms with Crippen molar-refractivity contribution >= 4 is 11.8 Å². The maximum atomic E-state index is 4.25. The summed E-state index contributed by atoms with van der Waals surface area (Å²) >= 11 is 0. The van der Waals surface area contributed by atoms with Crippen LogP contribution in [0.25, 0.3) is 6.08 Å². The van der Waals surface area contributed by atoms with Gasteiger partial charge < -0.3 is 5.32 Å². The number of fused-ring (bicyclic) bond motifs is 1. The van der Waals surface area contributed by atoms with E-state index in [0.717, 1.165) is 18.7 Å². The first-order valence-corrected chi connectivity index (χ1v) is 4.26. The van der Waals surface area contributed by atoms with Crippen LogP contribution in [0.15, 0.2) is 18.8 Å². The molecule has 0 aliphatic carbocycles. The number of aromatic nitrogens is 1. The summed E-state index contributed by atoms with van der Waals surface area (Å²) in [5.41, 5.74) is 3.57. The van der Waals surface area contributed by atoms with Gasteiger partial charge in [0.1, 0.15) is 0 Å². The Morgan fingerprint density at radius 3 is 3.33 bits per heavy atom. The Balaban J connectivity index is 2.51.